The van der Waals surface area contributed by atoms with Gasteiger partial charge in [-0.1, -0.05) is 0 Å². The first-order valence-corrected chi connectivity index (χ1v) is 3.80. The highest BCUT2D eigenvalue weighted by Crippen LogP contribution is 2.22. The molecule has 0 bridgehead atoms. The molecule has 0 aromatic heterocycles. The highest BCUT2D eigenvalue weighted by atomic mass is 16.5. The van der Waals surface area contributed by atoms with Crippen LogP contribution < -0.4 is 0 Å². The summed E-state index contributed by atoms with van der Waals surface area (Å²) in [4.78, 5) is 42.6. The maximum absolute atomic E-state index is 10.7. The van der Waals surface area contributed by atoms with Crippen LogP contribution in [-0.2, 0) is 4.79 Å². The Bertz CT molecular complexity index is 443. The maximum atomic E-state index is 10.7. The molecule has 0 saturated heterocycles. The van der Waals surface area contributed by atoms with Crippen molar-refractivity contribution in [3.8, 4) is 0 Å². The number of aliphatic carboxylic acids is 1. The van der Waals surface area contributed by atoms with Crippen molar-refractivity contribution in [2.24, 2.45) is 0 Å². The van der Waals surface area contributed by atoms with Crippen molar-refractivity contribution < 1.29 is 39.6 Å². The number of hydrazine groups is 2. The van der Waals surface area contributed by atoms with Crippen molar-refractivity contribution >= 4 is 24.2 Å². The molecule has 1 heterocycles. The summed E-state index contributed by atoms with van der Waals surface area (Å²) in [7, 11) is 0. The zero-order valence-corrected chi connectivity index (χ0v) is 7.84. The minimum Gasteiger partial charge on any atom is -0.476 e. The average Bonchev–Trinajstić information content (AvgIpc) is 2.56. The average molecular weight is 247 g/mol. The van der Waals surface area contributed by atoms with Gasteiger partial charge in [0.05, 0.1) is 6.20 Å². The lowest BCUT2D eigenvalue weighted by Crippen LogP contribution is -2.52. The number of hydrogen-bond acceptors (Lipinski definition) is 4. The summed E-state index contributed by atoms with van der Waals surface area (Å²) >= 11 is 0. The first kappa shape index (κ1) is 12.1. The second-order valence-electron chi connectivity index (χ2n) is 2.61. The molecule has 92 valence electrons. The predicted molar refractivity (Wildman–Crippen MR) is 45.3 cm³/mol. The summed E-state index contributed by atoms with van der Waals surface area (Å²) in [6.45, 7) is 0. The normalized spacial score (nSPS) is 14.6. The molecule has 0 aliphatic carbocycles. The van der Waals surface area contributed by atoms with Gasteiger partial charge in [0.2, 0.25) is 0 Å². The smallest absolute Gasteiger partial charge is 0.447 e. The van der Waals surface area contributed by atoms with E-state index >= 15 is 0 Å². The molecule has 0 aromatic carbocycles. The first-order chi connectivity index (χ1) is 7.77. The fourth-order valence-electron chi connectivity index (χ4n) is 1.07. The highest BCUT2D eigenvalue weighted by Gasteiger charge is 2.44. The molecular formula is C6H5N3O8. The van der Waals surface area contributed by atoms with Crippen molar-refractivity contribution in [3.05, 3.63) is 11.9 Å². The summed E-state index contributed by atoms with van der Waals surface area (Å²) in [6, 6.07) is 0. The monoisotopic (exact) mass is 247 g/mol. The van der Waals surface area contributed by atoms with Gasteiger partial charge in [-0.2, -0.15) is 10.0 Å². The van der Waals surface area contributed by atoms with E-state index in [-0.39, 0.29) is 15.1 Å². The van der Waals surface area contributed by atoms with Crippen molar-refractivity contribution in [1.82, 2.24) is 15.1 Å². The number of carbonyl (C=O) groups is 4. The second kappa shape index (κ2) is 3.88. The molecule has 0 saturated carbocycles. The number of rotatable bonds is 1. The standard InChI is InChI=1S/C6H5N3O8/c10-3(11)2-1-7(4(12)13)9(6(16)17)8(2)5(14)15/h1H,(H,10,11)(H,12,13)(H,14,15)(H,16,17). The van der Waals surface area contributed by atoms with E-state index in [1.165, 1.54) is 0 Å². The van der Waals surface area contributed by atoms with Crippen molar-refractivity contribution in [3.63, 3.8) is 0 Å². The van der Waals surface area contributed by atoms with Crippen LogP contribution >= 0.6 is 0 Å². The van der Waals surface area contributed by atoms with Gasteiger partial charge >= 0.3 is 24.2 Å². The van der Waals surface area contributed by atoms with E-state index in [9.17, 15) is 19.2 Å². The third-order valence-corrected chi connectivity index (χ3v) is 1.63. The summed E-state index contributed by atoms with van der Waals surface area (Å²) in [5, 5.41) is 33.9. The van der Waals surface area contributed by atoms with Crippen LogP contribution in [0.3, 0.4) is 0 Å². The van der Waals surface area contributed by atoms with Gasteiger partial charge in [-0.3, -0.25) is 0 Å². The van der Waals surface area contributed by atoms with Crippen LogP contribution in [0.5, 0.6) is 0 Å². The fourth-order valence-corrected chi connectivity index (χ4v) is 1.07. The SMILES string of the molecule is O=C(O)C1=CN(C(=O)O)N(C(=O)O)N1C(=O)O. The van der Waals surface area contributed by atoms with E-state index < -0.39 is 29.9 Å². The van der Waals surface area contributed by atoms with Crippen molar-refractivity contribution in [1.29, 1.82) is 0 Å². The Balaban J connectivity index is 3.28. The number of amides is 3. The van der Waals surface area contributed by atoms with Gasteiger partial charge < -0.3 is 20.4 Å². The van der Waals surface area contributed by atoms with Crippen LogP contribution in [0.15, 0.2) is 11.9 Å². The van der Waals surface area contributed by atoms with E-state index in [0.29, 0.717) is 6.20 Å². The van der Waals surface area contributed by atoms with Crippen molar-refractivity contribution in [2.75, 3.05) is 0 Å². The molecule has 4 N–H and O–H groups in total. The van der Waals surface area contributed by atoms with Crippen LogP contribution in [0.25, 0.3) is 0 Å². The summed E-state index contributed by atoms with van der Waals surface area (Å²) in [5.74, 6) is -1.79. The van der Waals surface area contributed by atoms with E-state index in [1.54, 1.807) is 0 Å². The predicted octanol–water partition coefficient (Wildman–Crippen LogP) is -0.304. The molecule has 0 radical (unpaired) electrons. The summed E-state index contributed by atoms with van der Waals surface area (Å²) in [6.07, 6.45) is -5.42. The van der Waals surface area contributed by atoms with Gasteiger partial charge in [-0.05, 0) is 0 Å². The molecule has 0 unspecified atom stereocenters. The molecule has 1 aliphatic rings. The Kier molecular flexibility index (Phi) is 2.76. The first-order valence-electron chi connectivity index (χ1n) is 3.80. The topological polar surface area (TPSA) is 159 Å². The fraction of sp³-hybridized carbons (Fsp3) is 0. The van der Waals surface area contributed by atoms with Crippen LogP contribution in [-0.4, -0.2) is 59.8 Å². The van der Waals surface area contributed by atoms with Gasteiger partial charge in [0.15, 0.2) is 5.70 Å². The van der Waals surface area contributed by atoms with E-state index in [4.69, 9.17) is 20.4 Å². The minimum absolute atomic E-state index is 0.0834. The molecule has 0 aromatic rings. The molecule has 0 atom stereocenters. The number of carboxylic acids is 1. The van der Waals surface area contributed by atoms with E-state index in [1.807, 2.05) is 0 Å². The largest absolute Gasteiger partial charge is 0.476 e. The minimum atomic E-state index is -1.97. The Morgan fingerprint density at radius 1 is 0.882 bits per heavy atom. The second-order valence-corrected chi connectivity index (χ2v) is 2.61. The lowest BCUT2D eigenvalue weighted by atomic mass is 10.5. The van der Waals surface area contributed by atoms with Gasteiger partial charge in [-0.15, -0.1) is 5.12 Å². The molecular weight excluding hydrogens is 242 g/mol. The molecule has 17 heavy (non-hydrogen) atoms. The van der Waals surface area contributed by atoms with Crippen LogP contribution in [0.4, 0.5) is 14.4 Å². The van der Waals surface area contributed by atoms with Crippen molar-refractivity contribution in [2.45, 2.75) is 0 Å². The maximum Gasteiger partial charge on any atom is 0.447 e. The molecule has 1 rings (SSSR count). The quantitative estimate of drug-likeness (QED) is 0.491. The van der Waals surface area contributed by atoms with E-state index in [2.05, 4.69) is 0 Å². The molecule has 11 nitrogen and oxygen atoms in total. The molecule has 1 aliphatic heterocycles. The van der Waals surface area contributed by atoms with Gasteiger partial charge in [0.1, 0.15) is 0 Å². The zero-order valence-electron chi connectivity index (χ0n) is 7.84. The molecule has 3 amide bonds. The van der Waals surface area contributed by atoms with Crippen LogP contribution in [0.2, 0.25) is 0 Å². The van der Waals surface area contributed by atoms with E-state index in [0.717, 1.165) is 0 Å². The third kappa shape index (κ3) is 1.88. The van der Waals surface area contributed by atoms with Crippen LogP contribution in [0, 0.1) is 0 Å². The highest BCUT2D eigenvalue weighted by molar-refractivity contribution is 5.93. The molecule has 11 heteroatoms. The number of hydrogen-bond donors (Lipinski definition) is 4. The van der Waals surface area contributed by atoms with Crippen LogP contribution in [0.1, 0.15) is 0 Å². The third-order valence-electron chi connectivity index (χ3n) is 1.63. The zero-order chi connectivity index (χ0) is 13.3. The number of carboxylic acid groups (broad SMARTS) is 4. The molecule has 0 spiro atoms. The Morgan fingerprint density at radius 3 is 1.71 bits per heavy atom. The van der Waals surface area contributed by atoms with Gasteiger partial charge in [0.25, 0.3) is 0 Å². The molecule has 0 fully saturated rings. The Morgan fingerprint density at radius 2 is 1.41 bits per heavy atom. The lowest BCUT2D eigenvalue weighted by molar-refractivity contribution is -0.136. The van der Waals surface area contributed by atoms with Gasteiger partial charge in [0, 0.05) is 0 Å². The van der Waals surface area contributed by atoms with Gasteiger partial charge in [-0.25, -0.2) is 19.2 Å². The summed E-state index contributed by atoms with van der Waals surface area (Å²) < 4.78 is 0. The number of nitrogens with zero attached hydrogens (tertiary/aromatic N) is 3. The Hall–Kier alpha value is -2.98. The Labute approximate surface area is 91.9 Å². The lowest BCUT2D eigenvalue weighted by Gasteiger charge is -2.26. The summed E-state index contributed by atoms with van der Waals surface area (Å²) in [5.41, 5.74) is -1.03.